The molecule has 0 spiro atoms. The zero-order valence-corrected chi connectivity index (χ0v) is 21.3. The Hall–Kier alpha value is -2.58. The van der Waals surface area contributed by atoms with E-state index in [1.165, 1.54) is 24.8 Å². The number of aryl methyl sites for hydroxylation is 2. The van der Waals surface area contributed by atoms with E-state index in [4.69, 9.17) is 4.74 Å². The van der Waals surface area contributed by atoms with Crippen molar-refractivity contribution in [1.82, 2.24) is 30.1 Å². The van der Waals surface area contributed by atoms with Gasteiger partial charge in [0.1, 0.15) is 0 Å². The van der Waals surface area contributed by atoms with Gasteiger partial charge < -0.3 is 9.72 Å². The number of benzene rings is 1. The molecule has 2 aliphatic rings. The van der Waals surface area contributed by atoms with E-state index in [9.17, 15) is 4.79 Å². The van der Waals surface area contributed by atoms with Crippen molar-refractivity contribution in [3.63, 3.8) is 0 Å². The van der Waals surface area contributed by atoms with Crippen molar-refractivity contribution in [3.05, 3.63) is 51.1 Å². The van der Waals surface area contributed by atoms with Gasteiger partial charge >= 0.3 is 0 Å². The van der Waals surface area contributed by atoms with Gasteiger partial charge in [0.05, 0.1) is 23.7 Å². The smallest absolute Gasteiger partial charge is 0.252 e. The highest BCUT2D eigenvalue weighted by atomic mass is 16.5. The highest BCUT2D eigenvalue weighted by Gasteiger charge is 2.31. The van der Waals surface area contributed by atoms with Crippen LogP contribution in [0.25, 0.3) is 10.9 Å². The van der Waals surface area contributed by atoms with E-state index in [1.807, 2.05) is 6.92 Å². The molecule has 188 valence electrons. The third kappa shape index (κ3) is 5.19. The molecule has 5 rings (SSSR count). The molecule has 1 aliphatic carbocycles. The van der Waals surface area contributed by atoms with Crippen LogP contribution in [0.4, 0.5) is 0 Å². The van der Waals surface area contributed by atoms with Crippen molar-refractivity contribution in [2.45, 2.75) is 96.9 Å². The molecule has 1 saturated carbocycles. The maximum Gasteiger partial charge on any atom is 0.252 e. The summed E-state index contributed by atoms with van der Waals surface area (Å²) in [6, 6.07) is 6.70. The Morgan fingerprint density at radius 3 is 2.71 bits per heavy atom. The van der Waals surface area contributed by atoms with Crippen molar-refractivity contribution >= 4 is 10.9 Å². The Labute approximate surface area is 207 Å². The lowest BCUT2D eigenvalue weighted by Gasteiger charge is -2.33. The summed E-state index contributed by atoms with van der Waals surface area (Å²) in [7, 11) is 0. The SMILES string of the molecule is CC[C@@H](c1nnnn1C1CCCCC1)N(Cc1cc2cc(C)cc(C)c2[nH]c1=O)C[C@@H]1CCCO1. The van der Waals surface area contributed by atoms with Crippen LogP contribution in [-0.2, 0) is 11.3 Å². The Balaban J connectivity index is 1.50. The minimum absolute atomic E-state index is 0.0190. The Bertz CT molecular complexity index is 1210. The Morgan fingerprint density at radius 1 is 1.14 bits per heavy atom. The Morgan fingerprint density at radius 2 is 1.97 bits per heavy atom. The molecule has 35 heavy (non-hydrogen) atoms. The molecule has 0 amide bonds. The molecule has 0 unspecified atom stereocenters. The summed E-state index contributed by atoms with van der Waals surface area (Å²) in [5.74, 6) is 0.918. The first-order valence-electron chi connectivity index (χ1n) is 13.3. The fourth-order valence-corrected chi connectivity index (χ4v) is 6.03. The zero-order chi connectivity index (χ0) is 24.4. The van der Waals surface area contributed by atoms with Gasteiger partial charge in [-0.05, 0) is 79.5 Å². The number of aromatic nitrogens is 5. The number of pyridine rings is 1. The number of ether oxygens (including phenoxy) is 1. The van der Waals surface area contributed by atoms with Crippen molar-refractivity contribution in [2.24, 2.45) is 0 Å². The van der Waals surface area contributed by atoms with Gasteiger partial charge in [-0.1, -0.05) is 37.8 Å². The standard InChI is InChI=1S/C27H38N6O2/c1-4-24(26-29-30-31-33(26)22-9-6-5-7-10-22)32(17-23-11-8-12-35-23)16-21-15-20-14-18(2)13-19(3)25(20)28-27(21)34/h13-15,22-24H,4-12,16-17H2,1-3H3,(H,28,34)/t23-,24-/m0/s1. The molecule has 2 aromatic heterocycles. The maximum atomic E-state index is 13.2. The summed E-state index contributed by atoms with van der Waals surface area (Å²) in [5.41, 5.74) is 3.96. The fraction of sp³-hybridized carbons (Fsp3) is 0.630. The third-order valence-electron chi connectivity index (χ3n) is 7.77. The molecule has 1 N–H and O–H groups in total. The van der Waals surface area contributed by atoms with Gasteiger partial charge in [0.15, 0.2) is 5.82 Å². The minimum atomic E-state index is -0.0245. The van der Waals surface area contributed by atoms with E-state index >= 15 is 0 Å². The van der Waals surface area contributed by atoms with Crippen molar-refractivity contribution in [2.75, 3.05) is 13.2 Å². The van der Waals surface area contributed by atoms with E-state index in [2.05, 4.69) is 62.1 Å². The number of hydrogen-bond acceptors (Lipinski definition) is 6. The summed E-state index contributed by atoms with van der Waals surface area (Å²) in [6.45, 7) is 8.44. The molecule has 1 aromatic carbocycles. The van der Waals surface area contributed by atoms with Gasteiger partial charge in [0.25, 0.3) is 5.56 Å². The highest BCUT2D eigenvalue weighted by molar-refractivity contribution is 5.82. The molecule has 0 bridgehead atoms. The first-order valence-corrected chi connectivity index (χ1v) is 13.3. The summed E-state index contributed by atoms with van der Waals surface area (Å²) in [4.78, 5) is 18.7. The second-order valence-corrected chi connectivity index (χ2v) is 10.4. The quantitative estimate of drug-likeness (QED) is 0.502. The first-order chi connectivity index (χ1) is 17.0. The monoisotopic (exact) mass is 478 g/mol. The number of tetrazole rings is 1. The number of hydrogen-bond donors (Lipinski definition) is 1. The van der Waals surface area contributed by atoms with Crippen LogP contribution in [0.3, 0.4) is 0 Å². The number of nitrogens with one attached hydrogen (secondary N) is 1. The van der Waals surface area contributed by atoms with Crippen LogP contribution in [0.15, 0.2) is 23.0 Å². The lowest BCUT2D eigenvalue weighted by Crippen LogP contribution is -2.38. The normalized spacial score (nSPS) is 20.2. The summed E-state index contributed by atoms with van der Waals surface area (Å²) >= 11 is 0. The van der Waals surface area contributed by atoms with Crippen LogP contribution in [0.5, 0.6) is 0 Å². The van der Waals surface area contributed by atoms with Crippen molar-refractivity contribution in [3.8, 4) is 0 Å². The molecule has 0 radical (unpaired) electrons. The fourth-order valence-electron chi connectivity index (χ4n) is 6.03. The number of rotatable bonds is 8. The van der Waals surface area contributed by atoms with Crippen LogP contribution >= 0.6 is 0 Å². The number of H-pyrrole nitrogens is 1. The summed E-state index contributed by atoms with van der Waals surface area (Å²) in [5, 5.41) is 14.1. The largest absolute Gasteiger partial charge is 0.377 e. The molecule has 8 heteroatoms. The van der Waals surface area contributed by atoms with E-state index in [0.717, 1.165) is 73.1 Å². The molecule has 3 aromatic rings. The van der Waals surface area contributed by atoms with Crippen molar-refractivity contribution < 1.29 is 4.74 Å². The van der Waals surface area contributed by atoms with Crippen LogP contribution in [0.2, 0.25) is 0 Å². The molecule has 1 saturated heterocycles. The second kappa shape index (κ2) is 10.6. The predicted molar refractivity (Wildman–Crippen MR) is 136 cm³/mol. The zero-order valence-electron chi connectivity index (χ0n) is 21.3. The summed E-state index contributed by atoms with van der Waals surface area (Å²) in [6.07, 6.45) is 9.18. The minimum Gasteiger partial charge on any atom is -0.377 e. The average Bonchev–Trinajstić information content (AvgIpc) is 3.54. The number of aromatic amines is 1. The molecule has 2 fully saturated rings. The van der Waals surface area contributed by atoms with Gasteiger partial charge in [0.2, 0.25) is 0 Å². The number of nitrogens with zero attached hydrogens (tertiary/aromatic N) is 5. The van der Waals surface area contributed by atoms with Crippen LogP contribution in [0.1, 0.15) is 92.9 Å². The molecule has 1 aliphatic heterocycles. The van der Waals surface area contributed by atoms with Crippen LogP contribution < -0.4 is 5.56 Å². The average molecular weight is 479 g/mol. The van der Waals surface area contributed by atoms with Crippen LogP contribution in [0, 0.1) is 13.8 Å². The Kier molecular flexibility index (Phi) is 7.29. The predicted octanol–water partition coefficient (Wildman–Crippen LogP) is 4.77. The van der Waals surface area contributed by atoms with Gasteiger partial charge in [-0.3, -0.25) is 9.69 Å². The van der Waals surface area contributed by atoms with E-state index in [1.54, 1.807) is 0 Å². The van der Waals surface area contributed by atoms with E-state index < -0.39 is 0 Å². The maximum absolute atomic E-state index is 13.2. The molecule has 2 atom stereocenters. The number of fused-ring (bicyclic) bond motifs is 1. The van der Waals surface area contributed by atoms with Crippen LogP contribution in [-0.4, -0.2) is 49.3 Å². The van der Waals surface area contributed by atoms with E-state index in [0.29, 0.717) is 12.6 Å². The van der Waals surface area contributed by atoms with Gasteiger partial charge in [-0.2, -0.15) is 0 Å². The third-order valence-corrected chi connectivity index (χ3v) is 7.77. The molecular formula is C27H38N6O2. The topological polar surface area (TPSA) is 88.9 Å². The summed E-state index contributed by atoms with van der Waals surface area (Å²) < 4.78 is 8.10. The van der Waals surface area contributed by atoms with Crippen molar-refractivity contribution in [1.29, 1.82) is 0 Å². The van der Waals surface area contributed by atoms with Gasteiger partial charge in [-0.15, -0.1) is 5.10 Å². The molecular weight excluding hydrogens is 440 g/mol. The lowest BCUT2D eigenvalue weighted by molar-refractivity contribution is 0.0481. The van der Waals surface area contributed by atoms with Gasteiger partial charge in [0, 0.05) is 25.3 Å². The first kappa shape index (κ1) is 24.1. The molecule has 3 heterocycles. The lowest BCUT2D eigenvalue weighted by atomic mass is 9.95. The highest BCUT2D eigenvalue weighted by Crippen LogP contribution is 2.33. The second-order valence-electron chi connectivity index (χ2n) is 10.4. The molecule has 8 nitrogen and oxygen atoms in total. The van der Waals surface area contributed by atoms with E-state index in [-0.39, 0.29) is 17.7 Å². The van der Waals surface area contributed by atoms with Gasteiger partial charge in [-0.25, -0.2) is 4.68 Å².